The average molecular weight is 672 g/mol. The Morgan fingerprint density at radius 1 is 1.04 bits per heavy atom. The molecule has 8 rings (SSSR count). The molecule has 10 nitrogen and oxygen atoms in total. The van der Waals surface area contributed by atoms with Crippen LogP contribution in [-0.2, 0) is 19.2 Å². The highest BCUT2D eigenvalue weighted by atomic mass is 35.5. The van der Waals surface area contributed by atoms with Gasteiger partial charge in [0.05, 0.1) is 16.9 Å². The summed E-state index contributed by atoms with van der Waals surface area (Å²) in [6.45, 7) is 0.621. The van der Waals surface area contributed by atoms with E-state index in [1.54, 1.807) is 16.8 Å². The summed E-state index contributed by atoms with van der Waals surface area (Å²) >= 11 is 6.68. The predicted octanol–water partition coefficient (Wildman–Crippen LogP) is 3.20. The molecule has 0 aromatic carbocycles. The SMILES string of the molecule is CN(CC1CCCCC1Cl)C(=O)C(CC1=CNC2CCCCC12)NC(=O)C1C[C@@H](O)CN1C(=O)C12CC3CC(CC(C(N)=O)(C3)C1)C2. The van der Waals surface area contributed by atoms with Crippen molar-refractivity contribution in [2.45, 2.75) is 132 Å². The first-order chi connectivity index (χ1) is 22.5. The molecular weight excluding hydrogens is 618 g/mol. The molecule has 8 unspecified atom stereocenters. The second-order valence-corrected chi connectivity index (χ2v) is 17.2. The van der Waals surface area contributed by atoms with Gasteiger partial charge in [0.15, 0.2) is 0 Å². The van der Waals surface area contributed by atoms with Gasteiger partial charge in [-0.1, -0.05) is 25.7 Å². The lowest BCUT2D eigenvalue weighted by Crippen LogP contribution is -2.62. The maximum atomic E-state index is 14.5. The van der Waals surface area contributed by atoms with Crippen LogP contribution >= 0.6 is 11.6 Å². The van der Waals surface area contributed by atoms with E-state index in [4.69, 9.17) is 17.3 Å². The molecular formula is C36H54ClN5O5. The molecule has 4 amide bonds. The molecule has 5 N–H and O–H groups in total. The van der Waals surface area contributed by atoms with E-state index in [-0.39, 0.29) is 53.8 Å². The maximum absolute atomic E-state index is 14.5. The minimum Gasteiger partial charge on any atom is -0.391 e. The number of amides is 4. The van der Waals surface area contributed by atoms with E-state index in [9.17, 15) is 24.3 Å². The highest BCUT2D eigenvalue weighted by Gasteiger charge is 2.64. The average Bonchev–Trinajstić information content (AvgIpc) is 3.63. The van der Waals surface area contributed by atoms with Gasteiger partial charge in [0.25, 0.3) is 0 Å². The Hall–Kier alpha value is -2.33. The van der Waals surface area contributed by atoms with Crippen molar-refractivity contribution in [2.24, 2.45) is 40.2 Å². The third kappa shape index (κ3) is 6.19. The molecule has 6 aliphatic carbocycles. The number of nitrogens with zero attached hydrogens (tertiary/aromatic N) is 2. The lowest BCUT2D eigenvalue weighted by molar-refractivity contribution is -0.174. The van der Waals surface area contributed by atoms with Crippen LogP contribution in [0.15, 0.2) is 11.8 Å². The summed E-state index contributed by atoms with van der Waals surface area (Å²) in [5, 5.41) is 17.5. The van der Waals surface area contributed by atoms with Gasteiger partial charge in [-0.2, -0.15) is 0 Å². The van der Waals surface area contributed by atoms with Crippen molar-refractivity contribution in [3.8, 4) is 0 Å². The topological polar surface area (TPSA) is 145 Å². The Kier molecular flexibility index (Phi) is 9.07. The molecule has 2 aliphatic heterocycles. The smallest absolute Gasteiger partial charge is 0.245 e. The van der Waals surface area contributed by atoms with Crippen LogP contribution in [0.3, 0.4) is 0 Å². The zero-order chi connectivity index (χ0) is 33.1. The van der Waals surface area contributed by atoms with Crippen molar-refractivity contribution < 1.29 is 24.3 Å². The van der Waals surface area contributed by atoms with Crippen LogP contribution in [-0.4, -0.2) is 88.3 Å². The fourth-order valence-electron chi connectivity index (χ4n) is 11.5. The molecule has 6 saturated carbocycles. The summed E-state index contributed by atoms with van der Waals surface area (Å²) in [5.41, 5.74) is 5.74. The molecule has 0 spiro atoms. The predicted molar refractivity (Wildman–Crippen MR) is 178 cm³/mol. The van der Waals surface area contributed by atoms with Crippen molar-refractivity contribution in [3.05, 3.63) is 11.8 Å². The Labute approximate surface area is 283 Å². The lowest BCUT2D eigenvalue weighted by Gasteiger charge is -2.60. The Balaban J connectivity index is 1.10. The van der Waals surface area contributed by atoms with Gasteiger partial charge < -0.3 is 31.3 Å². The van der Waals surface area contributed by atoms with Gasteiger partial charge in [-0.15, -0.1) is 11.6 Å². The number of hydrogen-bond acceptors (Lipinski definition) is 6. The summed E-state index contributed by atoms with van der Waals surface area (Å²) < 4.78 is 0. The van der Waals surface area contributed by atoms with Crippen LogP contribution in [0.1, 0.15) is 103 Å². The number of halogens is 1. The molecule has 260 valence electrons. The van der Waals surface area contributed by atoms with E-state index in [0.29, 0.717) is 44.2 Å². The number of primary amides is 1. The highest BCUT2D eigenvalue weighted by molar-refractivity contribution is 6.20. The van der Waals surface area contributed by atoms with Crippen LogP contribution in [0, 0.1) is 34.5 Å². The van der Waals surface area contributed by atoms with E-state index < -0.39 is 34.9 Å². The van der Waals surface area contributed by atoms with Crippen molar-refractivity contribution in [2.75, 3.05) is 20.1 Å². The number of aliphatic hydroxyl groups excluding tert-OH is 1. The van der Waals surface area contributed by atoms with Gasteiger partial charge in [0, 0.05) is 43.9 Å². The molecule has 4 bridgehead atoms. The second-order valence-electron chi connectivity index (χ2n) is 16.7. The highest BCUT2D eigenvalue weighted by Crippen LogP contribution is 2.65. The molecule has 7 fully saturated rings. The molecule has 9 atom stereocenters. The summed E-state index contributed by atoms with van der Waals surface area (Å²) in [6.07, 6.45) is 14.8. The molecule has 1 saturated heterocycles. The van der Waals surface area contributed by atoms with Gasteiger partial charge in [-0.05, 0) is 100 Å². The Morgan fingerprint density at radius 2 is 1.72 bits per heavy atom. The van der Waals surface area contributed by atoms with Crippen LogP contribution in [0.5, 0.6) is 0 Å². The number of carbonyl (C=O) groups is 4. The fourth-order valence-corrected chi connectivity index (χ4v) is 11.8. The number of fused-ring (bicyclic) bond motifs is 1. The van der Waals surface area contributed by atoms with E-state index in [1.165, 1.54) is 12.0 Å². The minimum atomic E-state index is -0.876. The number of rotatable bonds is 9. The number of likely N-dealkylation sites (tertiary alicyclic amines) is 1. The Morgan fingerprint density at radius 3 is 2.45 bits per heavy atom. The molecule has 0 aromatic heterocycles. The lowest BCUT2D eigenvalue weighted by atomic mass is 9.43. The number of aliphatic hydroxyl groups is 1. The van der Waals surface area contributed by atoms with Crippen molar-refractivity contribution in [3.63, 3.8) is 0 Å². The second kappa shape index (κ2) is 12.8. The van der Waals surface area contributed by atoms with E-state index in [1.807, 2.05) is 0 Å². The number of likely N-dealkylation sites (N-methyl/N-ethyl adjacent to an activating group) is 1. The van der Waals surface area contributed by atoms with E-state index in [2.05, 4.69) is 16.8 Å². The van der Waals surface area contributed by atoms with E-state index >= 15 is 0 Å². The van der Waals surface area contributed by atoms with Crippen molar-refractivity contribution >= 4 is 35.2 Å². The first kappa shape index (κ1) is 33.2. The first-order valence-electron chi connectivity index (χ1n) is 18.4. The number of β-amino-alcohol motifs (C(OH)–C–C–N with tert-alkyl or cyclic N) is 1. The molecule has 0 radical (unpaired) electrons. The number of hydrogen-bond donors (Lipinski definition) is 4. The summed E-state index contributed by atoms with van der Waals surface area (Å²) in [7, 11) is 1.81. The maximum Gasteiger partial charge on any atom is 0.245 e. The van der Waals surface area contributed by atoms with Crippen LogP contribution < -0.4 is 16.4 Å². The van der Waals surface area contributed by atoms with Gasteiger partial charge in [0.2, 0.25) is 23.6 Å². The molecule has 11 heteroatoms. The van der Waals surface area contributed by atoms with Crippen LogP contribution in [0.4, 0.5) is 0 Å². The van der Waals surface area contributed by atoms with Crippen LogP contribution in [0.25, 0.3) is 0 Å². The number of carbonyl (C=O) groups excluding carboxylic acids is 4. The number of alkyl halides is 1. The molecule has 47 heavy (non-hydrogen) atoms. The normalized spacial score (nSPS) is 41.1. The largest absolute Gasteiger partial charge is 0.391 e. The monoisotopic (exact) mass is 671 g/mol. The van der Waals surface area contributed by atoms with Crippen molar-refractivity contribution in [1.29, 1.82) is 0 Å². The quantitative estimate of drug-likeness (QED) is 0.277. The zero-order valence-corrected chi connectivity index (χ0v) is 28.7. The molecule has 8 aliphatic rings. The fraction of sp³-hybridized carbons (Fsp3) is 0.833. The van der Waals surface area contributed by atoms with Gasteiger partial charge in [-0.25, -0.2) is 0 Å². The standard InChI is InChI=1S/C36H54ClN5O5/c1-41(18-23-6-2-4-8-27(23)37)32(45)29(11-24-17-39-28-9-5-3-7-26(24)28)40-31(44)30-12-25(43)19-42(30)34(47)36-15-21-10-22(16-36)14-35(13-21,20-36)33(38)46/h17,21-23,25-30,39,43H,2-16,18-20H2,1H3,(H2,38,46)(H,40,44)/t21?,22?,23?,25-,26?,27?,28?,29?,30?,35?,36?/m1/s1. The minimum absolute atomic E-state index is 0.0367. The summed E-state index contributed by atoms with van der Waals surface area (Å²) in [6, 6.07) is -1.28. The Bertz CT molecular complexity index is 1290. The summed E-state index contributed by atoms with van der Waals surface area (Å²) in [5.74, 6) is 0.142. The van der Waals surface area contributed by atoms with Gasteiger partial charge in [0.1, 0.15) is 12.1 Å². The number of nitrogens with two attached hydrogens (primary N) is 1. The van der Waals surface area contributed by atoms with E-state index in [0.717, 1.165) is 64.2 Å². The van der Waals surface area contributed by atoms with Gasteiger partial charge in [-0.3, -0.25) is 19.2 Å². The molecule has 0 aromatic rings. The zero-order valence-electron chi connectivity index (χ0n) is 27.9. The van der Waals surface area contributed by atoms with Crippen LogP contribution in [0.2, 0.25) is 0 Å². The van der Waals surface area contributed by atoms with Crippen molar-refractivity contribution in [1.82, 2.24) is 20.4 Å². The first-order valence-corrected chi connectivity index (χ1v) is 18.8. The third-order valence-electron chi connectivity index (χ3n) is 13.4. The number of nitrogens with one attached hydrogen (secondary N) is 2. The molecule has 2 heterocycles. The van der Waals surface area contributed by atoms with Gasteiger partial charge >= 0.3 is 0 Å². The summed E-state index contributed by atoms with van der Waals surface area (Å²) in [4.78, 5) is 58.9. The third-order valence-corrected chi connectivity index (χ3v) is 13.9.